The van der Waals surface area contributed by atoms with Crippen LogP contribution in [0, 0.1) is 5.92 Å². The van der Waals surface area contributed by atoms with Crippen molar-refractivity contribution in [1.82, 2.24) is 10.2 Å². The van der Waals surface area contributed by atoms with E-state index >= 15 is 0 Å². The molecular formula is C13H28N2O2. The van der Waals surface area contributed by atoms with Gasteiger partial charge < -0.3 is 20.1 Å². The van der Waals surface area contributed by atoms with Gasteiger partial charge in [-0.1, -0.05) is 0 Å². The normalized spacial score (nSPS) is 22.6. The highest BCUT2D eigenvalue weighted by Crippen LogP contribution is 2.20. The minimum atomic E-state index is 0.223. The summed E-state index contributed by atoms with van der Waals surface area (Å²) >= 11 is 0. The van der Waals surface area contributed by atoms with Crippen molar-refractivity contribution in [3.8, 4) is 0 Å². The van der Waals surface area contributed by atoms with Crippen molar-refractivity contribution < 1.29 is 9.84 Å². The molecular weight excluding hydrogens is 216 g/mol. The van der Waals surface area contributed by atoms with E-state index in [9.17, 15) is 0 Å². The van der Waals surface area contributed by atoms with Crippen LogP contribution < -0.4 is 5.32 Å². The summed E-state index contributed by atoms with van der Waals surface area (Å²) in [5.74, 6) is 0.754. The highest BCUT2D eigenvalue weighted by atomic mass is 16.5. The number of hydrogen-bond acceptors (Lipinski definition) is 4. The van der Waals surface area contributed by atoms with Gasteiger partial charge in [0.2, 0.25) is 0 Å². The number of likely N-dealkylation sites (tertiary alicyclic amines) is 1. The molecule has 1 aliphatic rings. The Labute approximate surface area is 105 Å². The van der Waals surface area contributed by atoms with Gasteiger partial charge in [-0.3, -0.25) is 0 Å². The number of ether oxygens (including phenoxy) is 1. The Bertz CT molecular complexity index is 188. The van der Waals surface area contributed by atoms with E-state index in [0.29, 0.717) is 12.6 Å². The zero-order chi connectivity index (χ0) is 12.7. The molecule has 2 N–H and O–H groups in total. The molecule has 102 valence electrons. The minimum absolute atomic E-state index is 0.223. The van der Waals surface area contributed by atoms with Gasteiger partial charge in [0.1, 0.15) is 0 Å². The monoisotopic (exact) mass is 244 g/mol. The largest absolute Gasteiger partial charge is 0.396 e. The SMILES string of the molecule is COCC(CCO)NC(C)C1CCN(C)CC1. The Morgan fingerprint density at radius 2 is 2.06 bits per heavy atom. The number of methoxy groups -OCH3 is 1. The number of rotatable bonds is 7. The lowest BCUT2D eigenvalue weighted by Gasteiger charge is -2.35. The highest BCUT2D eigenvalue weighted by molar-refractivity contribution is 4.81. The first kappa shape index (κ1) is 14.9. The molecule has 0 aromatic rings. The van der Waals surface area contributed by atoms with Crippen molar-refractivity contribution in [3.63, 3.8) is 0 Å². The molecule has 2 unspecified atom stereocenters. The topological polar surface area (TPSA) is 44.7 Å². The van der Waals surface area contributed by atoms with Crippen molar-refractivity contribution >= 4 is 0 Å². The molecule has 1 rings (SSSR count). The van der Waals surface area contributed by atoms with E-state index in [0.717, 1.165) is 12.3 Å². The molecule has 1 heterocycles. The van der Waals surface area contributed by atoms with Gasteiger partial charge in [-0.2, -0.15) is 0 Å². The second-order valence-electron chi connectivity index (χ2n) is 5.26. The average molecular weight is 244 g/mol. The van der Waals surface area contributed by atoms with Crippen LogP contribution in [0.15, 0.2) is 0 Å². The fourth-order valence-corrected chi connectivity index (χ4v) is 2.61. The van der Waals surface area contributed by atoms with Gasteiger partial charge in [-0.25, -0.2) is 0 Å². The molecule has 1 aliphatic heterocycles. The number of aliphatic hydroxyl groups is 1. The molecule has 4 nitrogen and oxygen atoms in total. The first-order valence-electron chi connectivity index (χ1n) is 6.71. The van der Waals surface area contributed by atoms with Gasteiger partial charge in [-0.15, -0.1) is 0 Å². The maximum absolute atomic E-state index is 9.02. The molecule has 4 heteroatoms. The number of hydrogen-bond donors (Lipinski definition) is 2. The zero-order valence-corrected chi connectivity index (χ0v) is 11.5. The van der Waals surface area contributed by atoms with Crippen LogP contribution >= 0.6 is 0 Å². The maximum atomic E-state index is 9.02. The minimum Gasteiger partial charge on any atom is -0.396 e. The summed E-state index contributed by atoms with van der Waals surface area (Å²) in [4.78, 5) is 2.39. The van der Waals surface area contributed by atoms with Crippen LogP contribution in [0.3, 0.4) is 0 Å². The quantitative estimate of drug-likeness (QED) is 0.692. The summed E-state index contributed by atoms with van der Waals surface area (Å²) < 4.78 is 5.18. The molecule has 0 bridgehead atoms. The van der Waals surface area contributed by atoms with Crippen molar-refractivity contribution in [1.29, 1.82) is 0 Å². The van der Waals surface area contributed by atoms with Gasteiger partial charge in [-0.05, 0) is 52.2 Å². The maximum Gasteiger partial charge on any atom is 0.0616 e. The lowest BCUT2D eigenvalue weighted by atomic mass is 9.90. The number of nitrogens with zero attached hydrogens (tertiary/aromatic N) is 1. The van der Waals surface area contributed by atoms with Crippen LogP contribution in [-0.4, -0.2) is 62.6 Å². The van der Waals surface area contributed by atoms with Gasteiger partial charge in [0.25, 0.3) is 0 Å². The van der Waals surface area contributed by atoms with Crippen LogP contribution in [0.5, 0.6) is 0 Å². The molecule has 1 fully saturated rings. The summed E-state index contributed by atoms with van der Waals surface area (Å²) in [5.41, 5.74) is 0. The molecule has 0 spiro atoms. The molecule has 0 saturated carbocycles. The molecule has 0 aromatic carbocycles. The number of aliphatic hydroxyl groups excluding tert-OH is 1. The second kappa shape index (κ2) is 8.03. The molecule has 0 aliphatic carbocycles. The summed E-state index contributed by atoms with van der Waals surface area (Å²) in [6.07, 6.45) is 3.30. The van der Waals surface area contributed by atoms with E-state index in [1.54, 1.807) is 7.11 Å². The van der Waals surface area contributed by atoms with E-state index in [1.165, 1.54) is 25.9 Å². The van der Waals surface area contributed by atoms with E-state index in [2.05, 4.69) is 24.2 Å². The van der Waals surface area contributed by atoms with Crippen molar-refractivity contribution in [3.05, 3.63) is 0 Å². The molecule has 0 amide bonds. The van der Waals surface area contributed by atoms with E-state index in [4.69, 9.17) is 9.84 Å². The Morgan fingerprint density at radius 3 is 2.59 bits per heavy atom. The van der Waals surface area contributed by atoms with Gasteiger partial charge in [0.05, 0.1) is 6.61 Å². The summed E-state index contributed by atoms with van der Waals surface area (Å²) in [6, 6.07) is 0.787. The van der Waals surface area contributed by atoms with Gasteiger partial charge in [0.15, 0.2) is 0 Å². The van der Waals surface area contributed by atoms with Crippen molar-refractivity contribution in [2.24, 2.45) is 5.92 Å². The lowest BCUT2D eigenvalue weighted by Crippen LogP contribution is -2.46. The molecule has 2 atom stereocenters. The summed E-state index contributed by atoms with van der Waals surface area (Å²) in [7, 11) is 3.90. The first-order chi connectivity index (χ1) is 8.17. The van der Waals surface area contributed by atoms with Crippen LogP contribution in [0.1, 0.15) is 26.2 Å². The van der Waals surface area contributed by atoms with Crippen molar-refractivity contribution in [2.75, 3.05) is 40.5 Å². The van der Waals surface area contributed by atoms with Crippen molar-refractivity contribution in [2.45, 2.75) is 38.3 Å². The Hall–Kier alpha value is -0.160. The molecule has 1 saturated heterocycles. The first-order valence-corrected chi connectivity index (χ1v) is 6.71. The lowest BCUT2D eigenvalue weighted by molar-refractivity contribution is 0.126. The van der Waals surface area contributed by atoms with Crippen LogP contribution in [0.2, 0.25) is 0 Å². The fourth-order valence-electron chi connectivity index (χ4n) is 2.61. The van der Waals surface area contributed by atoms with E-state index in [1.807, 2.05) is 0 Å². The third-order valence-corrected chi connectivity index (χ3v) is 3.81. The summed E-state index contributed by atoms with van der Waals surface area (Å²) in [6.45, 7) is 5.56. The predicted octanol–water partition coefficient (Wildman–Crippen LogP) is 0.704. The molecule has 0 radical (unpaired) electrons. The Balaban J connectivity index is 2.32. The highest BCUT2D eigenvalue weighted by Gasteiger charge is 2.23. The Morgan fingerprint density at radius 1 is 1.41 bits per heavy atom. The molecule has 0 aromatic heterocycles. The molecule has 17 heavy (non-hydrogen) atoms. The number of nitrogens with one attached hydrogen (secondary N) is 1. The standard InChI is InChI=1S/C13H28N2O2/c1-11(12-4-7-15(2)8-5-12)14-13(6-9-16)10-17-3/h11-14,16H,4-10H2,1-3H3. The average Bonchev–Trinajstić information content (AvgIpc) is 2.30. The van der Waals surface area contributed by atoms with Gasteiger partial charge >= 0.3 is 0 Å². The summed E-state index contributed by atoms with van der Waals surface area (Å²) in [5, 5.41) is 12.6. The zero-order valence-electron chi connectivity index (χ0n) is 11.5. The van der Waals surface area contributed by atoms with Crippen LogP contribution in [0.25, 0.3) is 0 Å². The smallest absolute Gasteiger partial charge is 0.0616 e. The van der Waals surface area contributed by atoms with Crippen LogP contribution in [-0.2, 0) is 4.74 Å². The second-order valence-corrected chi connectivity index (χ2v) is 5.26. The number of piperidine rings is 1. The van der Waals surface area contributed by atoms with Gasteiger partial charge in [0, 0.05) is 25.8 Å². The fraction of sp³-hybridized carbons (Fsp3) is 1.00. The Kier molecular flexibility index (Phi) is 7.04. The third-order valence-electron chi connectivity index (χ3n) is 3.81. The third kappa shape index (κ3) is 5.34. The van der Waals surface area contributed by atoms with E-state index in [-0.39, 0.29) is 12.6 Å². The predicted molar refractivity (Wildman–Crippen MR) is 70.2 cm³/mol. The van der Waals surface area contributed by atoms with E-state index < -0.39 is 0 Å². The van der Waals surface area contributed by atoms with Crippen LogP contribution in [0.4, 0.5) is 0 Å².